The predicted molar refractivity (Wildman–Crippen MR) is 121 cm³/mol. The average Bonchev–Trinajstić information content (AvgIpc) is 3.05. The first-order valence-electron chi connectivity index (χ1n) is 9.66. The van der Waals surface area contributed by atoms with Gasteiger partial charge in [0.1, 0.15) is 11.8 Å². The summed E-state index contributed by atoms with van der Waals surface area (Å²) in [5, 5.41) is 23.2. The Morgan fingerprint density at radius 3 is 2.25 bits per heavy atom. The van der Waals surface area contributed by atoms with E-state index in [0.29, 0.717) is 10.7 Å². The molecule has 32 heavy (non-hydrogen) atoms. The maximum absolute atomic E-state index is 13.1. The summed E-state index contributed by atoms with van der Waals surface area (Å²) in [4.78, 5) is 38.5. The van der Waals surface area contributed by atoms with Crippen molar-refractivity contribution in [1.82, 2.24) is 0 Å². The molecule has 0 unspecified atom stereocenters. The summed E-state index contributed by atoms with van der Waals surface area (Å²) >= 11 is 5.92. The number of anilines is 1. The Morgan fingerprint density at radius 2 is 1.62 bits per heavy atom. The van der Waals surface area contributed by atoms with Crippen LogP contribution in [-0.2, 0) is 9.59 Å². The Labute approximate surface area is 188 Å². The number of rotatable bonds is 4. The Morgan fingerprint density at radius 1 is 1.00 bits per heavy atom. The Hall–Kier alpha value is -3.97. The Bertz CT molecular complexity index is 1270. The monoisotopic (exact) mass is 448 g/mol. The average molecular weight is 449 g/mol. The van der Waals surface area contributed by atoms with Crippen molar-refractivity contribution in [3.63, 3.8) is 0 Å². The zero-order valence-electron chi connectivity index (χ0n) is 16.9. The number of carbonyl (C=O) groups excluding carboxylic acids is 2. The molecule has 1 aliphatic rings. The maximum Gasteiger partial charge on any atom is 0.300 e. The van der Waals surface area contributed by atoms with Crippen LogP contribution >= 0.6 is 11.6 Å². The zero-order chi connectivity index (χ0) is 23.0. The van der Waals surface area contributed by atoms with Crippen molar-refractivity contribution in [3.05, 3.63) is 110 Å². The number of para-hydroxylation sites is 1. The topological polar surface area (TPSA) is 101 Å². The number of aliphatic hydroxyl groups is 1. The minimum Gasteiger partial charge on any atom is -0.507 e. The van der Waals surface area contributed by atoms with Crippen molar-refractivity contribution in [1.29, 1.82) is 0 Å². The molecule has 0 aliphatic carbocycles. The van der Waals surface area contributed by atoms with E-state index in [1.54, 1.807) is 30.3 Å². The molecule has 1 atom stereocenters. The molecule has 3 aromatic rings. The van der Waals surface area contributed by atoms with E-state index in [2.05, 4.69) is 0 Å². The lowest BCUT2D eigenvalue weighted by Crippen LogP contribution is -2.29. The van der Waals surface area contributed by atoms with Gasteiger partial charge in [0, 0.05) is 22.3 Å². The smallest absolute Gasteiger partial charge is 0.300 e. The molecule has 1 fully saturated rings. The van der Waals surface area contributed by atoms with E-state index in [0.717, 1.165) is 5.56 Å². The van der Waals surface area contributed by atoms with Crippen LogP contribution in [0.5, 0.6) is 0 Å². The van der Waals surface area contributed by atoms with Crippen molar-refractivity contribution in [2.24, 2.45) is 0 Å². The van der Waals surface area contributed by atoms with E-state index in [9.17, 15) is 24.8 Å². The van der Waals surface area contributed by atoms with Crippen LogP contribution in [0.3, 0.4) is 0 Å². The van der Waals surface area contributed by atoms with Gasteiger partial charge in [-0.3, -0.25) is 24.6 Å². The molecule has 0 spiro atoms. The summed E-state index contributed by atoms with van der Waals surface area (Å²) in [6.45, 7) is 1.87. The van der Waals surface area contributed by atoms with Crippen molar-refractivity contribution in [3.8, 4) is 0 Å². The van der Waals surface area contributed by atoms with Crippen LogP contribution in [0.15, 0.2) is 78.4 Å². The molecule has 0 radical (unpaired) electrons. The maximum atomic E-state index is 13.1. The van der Waals surface area contributed by atoms with Gasteiger partial charge < -0.3 is 5.11 Å². The third-order valence-corrected chi connectivity index (χ3v) is 5.55. The SMILES string of the molecule is Cc1ccc(N2C(=O)C(=O)C(=C(O)c3ccc(Cl)cc3)[C@H]2c2ccccc2[N+](=O)[O-])cc1. The third kappa shape index (κ3) is 3.63. The number of carbonyl (C=O) groups is 2. The molecule has 3 aromatic carbocycles. The highest BCUT2D eigenvalue weighted by Crippen LogP contribution is 2.44. The molecular weight excluding hydrogens is 432 g/mol. The zero-order valence-corrected chi connectivity index (χ0v) is 17.6. The number of halogens is 1. The number of nitrogens with zero attached hydrogens (tertiary/aromatic N) is 2. The van der Waals surface area contributed by atoms with Gasteiger partial charge in [-0.25, -0.2) is 0 Å². The summed E-state index contributed by atoms with van der Waals surface area (Å²) in [5.74, 6) is -2.24. The van der Waals surface area contributed by atoms with E-state index in [-0.39, 0.29) is 22.4 Å². The lowest BCUT2D eigenvalue weighted by atomic mass is 9.94. The molecule has 0 aromatic heterocycles. The van der Waals surface area contributed by atoms with Crippen molar-refractivity contribution in [2.75, 3.05) is 4.90 Å². The van der Waals surface area contributed by atoms with E-state index in [1.165, 1.54) is 47.4 Å². The van der Waals surface area contributed by atoms with Gasteiger partial charge in [0.25, 0.3) is 17.4 Å². The number of aryl methyl sites for hydroxylation is 1. The lowest BCUT2D eigenvalue weighted by molar-refractivity contribution is -0.385. The fourth-order valence-corrected chi connectivity index (χ4v) is 3.87. The molecule has 1 heterocycles. The predicted octanol–water partition coefficient (Wildman–Crippen LogP) is 5.18. The molecule has 1 aliphatic heterocycles. The molecular formula is C24H17ClN2O5. The van der Waals surface area contributed by atoms with Crippen LogP contribution in [0, 0.1) is 17.0 Å². The van der Waals surface area contributed by atoms with Gasteiger partial charge in [0.05, 0.1) is 16.1 Å². The second-order valence-electron chi connectivity index (χ2n) is 7.33. The first kappa shape index (κ1) is 21.3. The van der Waals surface area contributed by atoms with Gasteiger partial charge in [0.15, 0.2) is 0 Å². The van der Waals surface area contributed by atoms with Crippen molar-refractivity contribution in [2.45, 2.75) is 13.0 Å². The number of aliphatic hydroxyl groups excluding tert-OH is 1. The summed E-state index contributed by atoms with van der Waals surface area (Å²) in [6.07, 6.45) is 0. The molecule has 7 nitrogen and oxygen atoms in total. The first-order chi connectivity index (χ1) is 15.3. The normalized spacial score (nSPS) is 17.6. The molecule has 1 amide bonds. The largest absolute Gasteiger partial charge is 0.507 e. The Kier molecular flexibility index (Phi) is 5.50. The standard InChI is InChI=1S/C24H17ClN2O5/c1-14-6-12-17(13-7-14)26-21(18-4-2-3-5-19(18)27(31)32)20(23(29)24(26)30)22(28)15-8-10-16(25)11-9-15/h2-13,21,28H,1H3/t21-/m1/s1. The highest BCUT2D eigenvalue weighted by atomic mass is 35.5. The third-order valence-electron chi connectivity index (χ3n) is 5.30. The van der Waals surface area contributed by atoms with E-state index < -0.39 is 28.4 Å². The number of amides is 1. The molecule has 160 valence electrons. The fraction of sp³-hybridized carbons (Fsp3) is 0.0833. The van der Waals surface area contributed by atoms with Gasteiger partial charge in [-0.15, -0.1) is 0 Å². The summed E-state index contributed by atoms with van der Waals surface area (Å²) < 4.78 is 0. The molecule has 0 bridgehead atoms. The van der Waals surface area contributed by atoms with Gasteiger partial charge in [0.2, 0.25) is 0 Å². The van der Waals surface area contributed by atoms with Crippen LogP contribution < -0.4 is 4.90 Å². The number of hydrogen-bond donors (Lipinski definition) is 1. The highest BCUT2D eigenvalue weighted by molar-refractivity contribution is 6.51. The minimum atomic E-state index is -1.19. The Balaban J connectivity index is 2.00. The van der Waals surface area contributed by atoms with E-state index >= 15 is 0 Å². The molecule has 8 heteroatoms. The molecule has 1 saturated heterocycles. The van der Waals surface area contributed by atoms with Crippen molar-refractivity contribution < 1.29 is 19.6 Å². The molecule has 4 rings (SSSR count). The first-order valence-corrected chi connectivity index (χ1v) is 10.0. The number of Topliss-reactive ketones (excluding diaryl/α,β-unsaturated/α-hetero) is 1. The summed E-state index contributed by atoms with van der Waals surface area (Å²) in [6, 6.07) is 17.6. The second-order valence-corrected chi connectivity index (χ2v) is 7.76. The number of nitro groups is 1. The van der Waals surface area contributed by atoms with Crippen LogP contribution in [0.2, 0.25) is 5.02 Å². The number of nitro benzene ring substituents is 1. The van der Waals surface area contributed by atoms with Crippen LogP contribution in [0.25, 0.3) is 5.76 Å². The lowest BCUT2D eigenvalue weighted by Gasteiger charge is -2.25. The minimum absolute atomic E-state index is 0.118. The number of hydrogen-bond acceptors (Lipinski definition) is 5. The van der Waals surface area contributed by atoms with Crippen molar-refractivity contribution >= 4 is 40.4 Å². The highest BCUT2D eigenvalue weighted by Gasteiger charge is 2.48. The van der Waals surface area contributed by atoms with E-state index in [1.807, 2.05) is 6.92 Å². The van der Waals surface area contributed by atoms with Crippen LogP contribution in [-0.4, -0.2) is 21.7 Å². The molecule has 0 saturated carbocycles. The summed E-state index contributed by atoms with van der Waals surface area (Å²) in [5.41, 5.74) is 1.21. The summed E-state index contributed by atoms with van der Waals surface area (Å²) in [7, 11) is 0. The van der Waals surface area contributed by atoms with Crippen LogP contribution in [0.4, 0.5) is 11.4 Å². The fourth-order valence-electron chi connectivity index (χ4n) is 3.75. The van der Waals surface area contributed by atoms with Crippen LogP contribution in [0.1, 0.15) is 22.7 Å². The van der Waals surface area contributed by atoms with Gasteiger partial charge in [-0.2, -0.15) is 0 Å². The van der Waals surface area contributed by atoms with Gasteiger partial charge >= 0.3 is 0 Å². The number of ketones is 1. The number of benzene rings is 3. The molecule has 1 N–H and O–H groups in total. The quantitative estimate of drug-likeness (QED) is 0.195. The van der Waals surface area contributed by atoms with E-state index in [4.69, 9.17) is 11.6 Å². The van der Waals surface area contributed by atoms with Gasteiger partial charge in [-0.05, 0) is 49.4 Å². The second kappa shape index (κ2) is 8.28. The van der Waals surface area contributed by atoms with Gasteiger partial charge in [-0.1, -0.05) is 41.4 Å².